The summed E-state index contributed by atoms with van der Waals surface area (Å²) in [5.41, 5.74) is 0.116. The van der Waals surface area contributed by atoms with Crippen LogP contribution in [0.4, 0.5) is 0 Å². The Morgan fingerprint density at radius 2 is 1.93 bits per heavy atom. The first-order chi connectivity index (χ1) is 14.4. The molecule has 4 rings (SSSR count). The lowest BCUT2D eigenvalue weighted by Gasteiger charge is -2.31. The van der Waals surface area contributed by atoms with Gasteiger partial charge in [-0.1, -0.05) is 24.4 Å². The molecule has 0 unspecified atom stereocenters. The Morgan fingerprint density at radius 1 is 1.20 bits per heavy atom. The zero-order valence-corrected chi connectivity index (χ0v) is 18.5. The van der Waals surface area contributed by atoms with Gasteiger partial charge in [0.15, 0.2) is 0 Å². The molecular weight excluding hydrogens is 408 g/mol. The number of amides is 1. The molecule has 3 heterocycles. The highest BCUT2D eigenvalue weighted by atomic mass is 32.2. The maximum absolute atomic E-state index is 13.1. The summed E-state index contributed by atoms with van der Waals surface area (Å²) >= 11 is 0. The predicted molar refractivity (Wildman–Crippen MR) is 110 cm³/mol. The van der Waals surface area contributed by atoms with Gasteiger partial charge in [0.1, 0.15) is 5.76 Å². The molecule has 0 spiro atoms. The van der Waals surface area contributed by atoms with Gasteiger partial charge in [-0.25, -0.2) is 0 Å². The van der Waals surface area contributed by atoms with E-state index in [1.165, 1.54) is 27.9 Å². The minimum atomic E-state index is -3.62. The van der Waals surface area contributed by atoms with Crippen molar-refractivity contribution in [3.05, 3.63) is 17.5 Å². The van der Waals surface area contributed by atoms with Crippen LogP contribution >= 0.6 is 0 Å². The maximum atomic E-state index is 13.1. The van der Waals surface area contributed by atoms with Crippen molar-refractivity contribution in [3.8, 4) is 0 Å². The molecule has 1 amide bonds. The fourth-order valence-corrected chi connectivity index (χ4v) is 6.65. The van der Waals surface area contributed by atoms with Crippen molar-refractivity contribution in [2.24, 2.45) is 5.41 Å². The molecule has 1 aliphatic carbocycles. The zero-order chi connectivity index (χ0) is 21.2. The molecule has 3 aliphatic rings. The van der Waals surface area contributed by atoms with Gasteiger partial charge in [-0.15, -0.1) is 0 Å². The van der Waals surface area contributed by atoms with E-state index in [1.807, 2.05) is 6.07 Å². The smallest absolute Gasteiger partial charge is 0.282 e. The van der Waals surface area contributed by atoms with Crippen LogP contribution in [0.15, 0.2) is 10.6 Å². The molecule has 30 heavy (non-hydrogen) atoms. The van der Waals surface area contributed by atoms with Crippen LogP contribution in [-0.4, -0.2) is 74.5 Å². The van der Waals surface area contributed by atoms with Gasteiger partial charge in [0.25, 0.3) is 10.2 Å². The molecule has 10 heteroatoms. The lowest BCUT2D eigenvalue weighted by molar-refractivity contribution is -0.130. The molecule has 1 N–H and O–H groups in total. The molecule has 1 atom stereocenters. The van der Waals surface area contributed by atoms with Crippen molar-refractivity contribution >= 4 is 16.1 Å². The number of hydrogen-bond acceptors (Lipinski definition) is 6. The Labute approximate surface area is 178 Å². The highest BCUT2D eigenvalue weighted by Crippen LogP contribution is 2.38. The van der Waals surface area contributed by atoms with E-state index in [0.29, 0.717) is 57.4 Å². The molecule has 1 saturated carbocycles. The SMILES string of the molecule is CNC(=O)[C@@]1(Cc2cc(C3CCCCC3)no2)CCN(S(=O)(=O)N2CCOCC2)C1. The van der Waals surface area contributed by atoms with Gasteiger partial charge in [0.05, 0.1) is 24.3 Å². The van der Waals surface area contributed by atoms with Crippen molar-refractivity contribution in [2.75, 3.05) is 46.4 Å². The number of aromatic nitrogens is 1. The topological polar surface area (TPSA) is 105 Å². The van der Waals surface area contributed by atoms with Gasteiger partial charge >= 0.3 is 0 Å². The van der Waals surface area contributed by atoms with E-state index in [4.69, 9.17) is 9.26 Å². The lowest BCUT2D eigenvalue weighted by Crippen LogP contribution is -2.50. The molecule has 2 saturated heterocycles. The largest absolute Gasteiger partial charge is 0.379 e. The summed E-state index contributed by atoms with van der Waals surface area (Å²) in [6.07, 6.45) is 6.74. The fourth-order valence-electron chi connectivity index (χ4n) is 4.98. The highest BCUT2D eigenvalue weighted by Gasteiger charge is 2.49. The monoisotopic (exact) mass is 440 g/mol. The number of carbonyl (C=O) groups excluding carboxylic acids is 1. The van der Waals surface area contributed by atoms with Crippen LogP contribution in [-0.2, 0) is 26.2 Å². The zero-order valence-electron chi connectivity index (χ0n) is 17.6. The molecule has 1 aromatic rings. The molecule has 2 aliphatic heterocycles. The van der Waals surface area contributed by atoms with Gasteiger partial charge in [-0.3, -0.25) is 4.79 Å². The number of morpholine rings is 1. The van der Waals surface area contributed by atoms with Gasteiger partial charge in [0.2, 0.25) is 5.91 Å². The Morgan fingerprint density at radius 3 is 2.63 bits per heavy atom. The molecule has 0 aromatic carbocycles. The number of nitrogens with one attached hydrogen (secondary N) is 1. The van der Waals surface area contributed by atoms with E-state index in [1.54, 1.807) is 7.05 Å². The van der Waals surface area contributed by atoms with E-state index in [-0.39, 0.29) is 12.5 Å². The molecule has 1 aromatic heterocycles. The highest BCUT2D eigenvalue weighted by molar-refractivity contribution is 7.86. The van der Waals surface area contributed by atoms with Gasteiger partial charge in [0, 0.05) is 51.6 Å². The average molecular weight is 441 g/mol. The number of rotatable bonds is 6. The second kappa shape index (κ2) is 8.94. The van der Waals surface area contributed by atoms with Crippen molar-refractivity contribution in [2.45, 2.75) is 50.9 Å². The molecule has 9 nitrogen and oxygen atoms in total. The third kappa shape index (κ3) is 4.28. The first-order valence-electron chi connectivity index (χ1n) is 11.0. The lowest BCUT2D eigenvalue weighted by atomic mass is 9.81. The fraction of sp³-hybridized carbons (Fsp3) is 0.800. The first kappa shape index (κ1) is 21.7. The van der Waals surface area contributed by atoms with E-state index in [0.717, 1.165) is 18.5 Å². The van der Waals surface area contributed by atoms with Crippen molar-refractivity contribution in [3.63, 3.8) is 0 Å². The van der Waals surface area contributed by atoms with Crippen LogP contribution in [0.3, 0.4) is 0 Å². The molecule has 3 fully saturated rings. The Bertz CT molecular complexity index is 845. The summed E-state index contributed by atoms with van der Waals surface area (Å²) in [7, 11) is -2.02. The van der Waals surface area contributed by atoms with E-state index in [2.05, 4.69) is 10.5 Å². The Hall–Kier alpha value is -1.49. The van der Waals surface area contributed by atoms with Crippen molar-refractivity contribution < 1.29 is 22.5 Å². The summed E-state index contributed by atoms with van der Waals surface area (Å²) < 4.78 is 39.9. The van der Waals surface area contributed by atoms with Crippen LogP contribution < -0.4 is 5.32 Å². The van der Waals surface area contributed by atoms with E-state index < -0.39 is 15.6 Å². The van der Waals surface area contributed by atoms with Gasteiger partial charge < -0.3 is 14.6 Å². The first-order valence-corrected chi connectivity index (χ1v) is 12.3. The Balaban J connectivity index is 1.50. The van der Waals surface area contributed by atoms with Crippen LogP contribution in [0.1, 0.15) is 55.9 Å². The standard InChI is InChI=1S/C20H32N4O5S/c1-21-19(25)20(14-17-13-18(22-29-17)16-5-3-2-4-6-16)7-8-24(15-20)30(26,27)23-9-11-28-12-10-23/h13,16H,2-12,14-15H2,1H3,(H,21,25)/t20-/m1/s1. The summed E-state index contributed by atoms with van der Waals surface area (Å²) in [6, 6.07) is 1.97. The summed E-state index contributed by atoms with van der Waals surface area (Å²) in [5.74, 6) is 0.927. The molecule has 168 valence electrons. The number of ether oxygens (including phenoxy) is 1. The van der Waals surface area contributed by atoms with Gasteiger partial charge in [-0.2, -0.15) is 17.0 Å². The minimum Gasteiger partial charge on any atom is -0.379 e. The minimum absolute atomic E-state index is 0.145. The molecule has 0 radical (unpaired) electrons. The second-order valence-corrected chi connectivity index (χ2v) is 10.6. The Kier molecular flexibility index (Phi) is 6.47. The summed E-state index contributed by atoms with van der Waals surface area (Å²) in [4.78, 5) is 12.9. The summed E-state index contributed by atoms with van der Waals surface area (Å²) in [6.45, 7) is 1.95. The normalized spacial score (nSPS) is 27.4. The van der Waals surface area contributed by atoms with E-state index in [9.17, 15) is 13.2 Å². The quantitative estimate of drug-likeness (QED) is 0.715. The third-order valence-electron chi connectivity index (χ3n) is 6.76. The number of hydrogen-bond donors (Lipinski definition) is 1. The number of nitrogens with zero attached hydrogens (tertiary/aromatic N) is 3. The summed E-state index contributed by atoms with van der Waals surface area (Å²) in [5, 5.41) is 7.01. The van der Waals surface area contributed by atoms with Crippen LogP contribution in [0.5, 0.6) is 0 Å². The van der Waals surface area contributed by atoms with Crippen molar-refractivity contribution in [1.29, 1.82) is 0 Å². The third-order valence-corrected chi connectivity index (χ3v) is 8.75. The maximum Gasteiger partial charge on any atom is 0.282 e. The average Bonchev–Trinajstić information content (AvgIpc) is 3.43. The second-order valence-electron chi connectivity index (χ2n) is 8.69. The van der Waals surface area contributed by atoms with Crippen molar-refractivity contribution in [1.82, 2.24) is 19.1 Å². The van der Waals surface area contributed by atoms with E-state index >= 15 is 0 Å². The molecular formula is C20H32N4O5S. The molecule has 0 bridgehead atoms. The van der Waals surface area contributed by atoms with Crippen LogP contribution in [0, 0.1) is 5.41 Å². The van der Waals surface area contributed by atoms with Crippen LogP contribution in [0.25, 0.3) is 0 Å². The predicted octanol–water partition coefficient (Wildman–Crippen LogP) is 1.28. The van der Waals surface area contributed by atoms with Gasteiger partial charge in [-0.05, 0) is 19.3 Å². The van der Waals surface area contributed by atoms with Crippen LogP contribution in [0.2, 0.25) is 0 Å². The number of carbonyl (C=O) groups is 1.